The van der Waals surface area contributed by atoms with Crippen molar-refractivity contribution in [1.82, 2.24) is 4.98 Å². The molecule has 0 aliphatic heterocycles. The first kappa shape index (κ1) is 10.0. The number of nitrogens with two attached hydrogens (primary N) is 1. The molecule has 0 radical (unpaired) electrons. The summed E-state index contributed by atoms with van der Waals surface area (Å²) < 4.78 is 1.16. The number of nitrogens with zero attached hydrogens (tertiary/aromatic N) is 1. The molecule has 0 aromatic carbocycles. The van der Waals surface area contributed by atoms with E-state index in [4.69, 9.17) is 5.73 Å². The van der Waals surface area contributed by atoms with E-state index in [0.717, 1.165) is 22.2 Å². The van der Waals surface area contributed by atoms with Gasteiger partial charge in [0, 0.05) is 17.8 Å². The van der Waals surface area contributed by atoms with E-state index in [1.807, 2.05) is 6.92 Å². The second kappa shape index (κ2) is 4.84. The van der Waals surface area contributed by atoms with Gasteiger partial charge in [0.15, 0.2) is 0 Å². The summed E-state index contributed by atoms with van der Waals surface area (Å²) in [4.78, 5) is 4.44. The van der Waals surface area contributed by atoms with Crippen LogP contribution in [-0.4, -0.2) is 16.8 Å². The second-order valence-electron chi connectivity index (χ2n) is 2.72. The maximum Gasteiger partial charge on any atom is 0.150 e. The van der Waals surface area contributed by atoms with Crippen molar-refractivity contribution in [2.45, 2.75) is 30.6 Å². The van der Waals surface area contributed by atoms with Crippen LogP contribution in [-0.2, 0) is 6.42 Å². The van der Waals surface area contributed by atoms with E-state index in [1.54, 1.807) is 23.1 Å². The predicted molar refractivity (Wildman–Crippen MR) is 55.9 cm³/mol. The molecule has 1 unspecified atom stereocenters. The maximum atomic E-state index is 5.67. The van der Waals surface area contributed by atoms with Gasteiger partial charge in [-0.3, -0.25) is 0 Å². The Morgan fingerprint density at radius 3 is 3.08 bits per heavy atom. The number of thiazole rings is 1. The maximum absolute atomic E-state index is 5.67. The number of hydrogen-bond acceptors (Lipinski definition) is 4. The molecule has 0 spiro atoms. The van der Waals surface area contributed by atoms with Crippen molar-refractivity contribution in [2.24, 2.45) is 5.73 Å². The zero-order valence-corrected chi connectivity index (χ0v) is 9.04. The molecule has 2 nitrogen and oxygen atoms in total. The molecular formula is C8H14N2S2. The molecule has 4 heteroatoms. The van der Waals surface area contributed by atoms with E-state index >= 15 is 0 Å². The molecule has 2 N–H and O–H groups in total. The van der Waals surface area contributed by atoms with E-state index in [0.29, 0.717) is 0 Å². The molecule has 68 valence electrons. The average Bonchev–Trinajstić information content (AvgIpc) is 2.36. The summed E-state index contributed by atoms with van der Waals surface area (Å²) in [6.45, 7) is 4.14. The lowest BCUT2D eigenvalue weighted by Gasteiger charge is -1.99. The summed E-state index contributed by atoms with van der Waals surface area (Å²) in [7, 11) is 0. The summed E-state index contributed by atoms with van der Waals surface area (Å²) in [5.74, 6) is 1.09. The zero-order chi connectivity index (χ0) is 8.97. The quantitative estimate of drug-likeness (QED) is 0.760. The molecule has 1 aromatic heterocycles. The highest BCUT2D eigenvalue weighted by Crippen LogP contribution is 2.22. The van der Waals surface area contributed by atoms with Crippen LogP contribution in [0.5, 0.6) is 0 Å². The summed E-state index contributed by atoms with van der Waals surface area (Å²) in [6.07, 6.45) is 0.890. The van der Waals surface area contributed by atoms with Crippen LogP contribution in [0.25, 0.3) is 0 Å². The van der Waals surface area contributed by atoms with Gasteiger partial charge in [-0.15, -0.1) is 11.3 Å². The molecule has 0 aliphatic carbocycles. The molecule has 0 saturated carbocycles. The minimum atomic E-state index is 0.214. The van der Waals surface area contributed by atoms with Gasteiger partial charge >= 0.3 is 0 Å². The molecule has 12 heavy (non-hydrogen) atoms. The molecule has 0 saturated heterocycles. The van der Waals surface area contributed by atoms with Crippen LogP contribution in [0.1, 0.15) is 19.5 Å². The summed E-state index contributed by atoms with van der Waals surface area (Å²) in [5, 5.41) is 2.10. The Bertz CT molecular complexity index is 233. The van der Waals surface area contributed by atoms with Crippen molar-refractivity contribution >= 4 is 23.1 Å². The number of rotatable bonds is 4. The molecule has 1 rings (SSSR count). The van der Waals surface area contributed by atoms with Crippen LogP contribution >= 0.6 is 23.1 Å². The van der Waals surface area contributed by atoms with Gasteiger partial charge in [0.05, 0.1) is 5.69 Å². The normalized spacial score (nSPS) is 13.2. The van der Waals surface area contributed by atoms with Gasteiger partial charge in [-0.05, 0) is 12.7 Å². The van der Waals surface area contributed by atoms with Gasteiger partial charge in [0.2, 0.25) is 0 Å². The Morgan fingerprint density at radius 1 is 1.75 bits per heavy atom. The highest BCUT2D eigenvalue weighted by Gasteiger charge is 2.03. The van der Waals surface area contributed by atoms with Gasteiger partial charge in [-0.2, -0.15) is 0 Å². The van der Waals surface area contributed by atoms with Crippen molar-refractivity contribution in [3.8, 4) is 0 Å². The van der Waals surface area contributed by atoms with Crippen molar-refractivity contribution < 1.29 is 0 Å². The third kappa shape index (κ3) is 3.13. The summed E-state index contributed by atoms with van der Waals surface area (Å²) in [6, 6.07) is 0.214. The zero-order valence-electron chi connectivity index (χ0n) is 7.41. The van der Waals surface area contributed by atoms with E-state index in [1.165, 1.54) is 0 Å². The van der Waals surface area contributed by atoms with Crippen LogP contribution in [0.4, 0.5) is 0 Å². The smallest absolute Gasteiger partial charge is 0.150 e. The second-order valence-corrected chi connectivity index (χ2v) is 5.09. The van der Waals surface area contributed by atoms with Crippen molar-refractivity contribution in [3.63, 3.8) is 0 Å². The number of hydrogen-bond donors (Lipinski definition) is 1. The molecule has 1 aromatic rings. The van der Waals surface area contributed by atoms with Gasteiger partial charge in [0.25, 0.3) is 0 Å². The first-order valence-corrected chi connectivity index (χ1v) is 5.91. The Balaban J connectivity index is 2.52. The Kier molecular flexibility index (Phi) is 4.05. The third-order valence-electron chi connectivity index (χ3n) is 1.33. The molecule has 0 amide bonds. The lowest BCUT2D eigenvalue weighted by Crippen LogP contribution is -2.17. The monoisotopic (exact) mass is 202 g/mol. The fraction of sp³-hybridized carbons (Fsp3) is 0.625. The van der Waals surface area contributed by atoms with Gasteiger partial charge < -0.3 is 5.73 Å². The molecule has 1 atom stereocenters. The van der Waals surface area contributed by atoms with E-state index in [9.17, 15) is 0 Å². The molecule has 1 heterocycles. The van der Waals surface area contributed by atoms with Gasteiger partial charge in [-0.1, -0.05) is 18.7 Å². The van der Waals surface area contributed by atoms with Crippen molar-refractivity contribution in [2.75, 3.05) is 5.75 Å². The highest BCUT2D eigenvalue weighted by molar-refractivity contribution is 8.00. The average molecular weight is 202 g/mol. The van der Waals surface area contributed by atoms with Gasteiger partial charge in [0.1, 0.15) is 4.34 Å². The minimum absolute atomic E-state index is 0.214. The standard InChI is InChI=1S/C8H14N2S2/c1-3-11-8-10-7(5-12-8)4-6(2)9/h5-6H,3-4,9H2,1-2H3. The van der Waals surface area contributed by atoms with E-state index in [-0.39, 0.29) is 6.04 Å². The topological polar surface area (TPSA) is 38.9 Å². The minimum Gasteiger partial charge on any atom is -0.328 e. The molecule has 0 bridgehead atoms. The van der Waals surface area contributed by atoms with E-state index < -0.39 is 0 Å². The number of thioether (sulfide) groups is 1. The third-order valence-corrected chi connectivity index (χ3v) is 3.28. The molecule has 0 fully saturated rings. The lowest BCUT2D eigenvalue weighted by atomic mass is 10.2. The molecule has 0 aliphatic rings. The predicted octanol–water partition coefficient (Wildman–Crippen LogP) is 2.14. The van der Waals surface area contributed by atoms with Gasteiger partial charge in [-0.25, -0.2) is 4.98 Å². The fourth-order valence-corrected chi connectivity index (χ4v) is 2.66. The Morgan fingerprint density at radius 2 is 2.50 bits per heavy atom. The van der Waals surface area contributed by atoms with E-state index in [2.05, 4.69) is 17.3 Å². The Hall–Kier alpha value is -0.0600. The van der Waals surface area contributed by atoms with Crippen molar-refractivity contribution in [3.05, 3.63) is 11.1 Å². The highest BCUT2D eigenvalue weighted by atomic mass is 32.2. The van der Waals surface area contributed by atoms with Crippen LogP contribution in [0.15, 0.2) is 9.72 Å². The summed E-state index contributed by atoms with van der Waals surface area (Å²) in [5.41, 5.74) is 6.80. The summed E-state index contributed by atoms with van der Waals surface area (Å²) >= 11 is 3.50. The lowest BCUT2D eigenvalue weighted by molar-refractivity contribution is 0.722. The van der Waals surface area contributed by atoms with Crippen LogP contribution in [0.3, 0.4) is 0 Å². The van der Waals surface area contributed by atoms with Crippen LogP contribution in [0.2, 0.25) is 0 Å². The fourth-order valence-electron chi connectivity index (χ4n) is 0.902. The SMILES string of the molecule is CCSc1nc(CC(C)N)cs1. The van der Waals surface area contributed by atoms with Crippen LogP contribution in [0, 0.1) is 0 Å². The first-order valence-electron chi connectivity index (χ1n) is 4.05. The number of aromatic nitrogens is 1. The van der Waals surface area contributed by atoms with Crippen LogP contribution < -0.4 is 5.73 Å². The largest absolute Gasteiger partial charge is 0.328 e. The first-order chi connectivity index (χ1) is 5.72. The Labute approximate surface area is 81.6 Å². The van der Waals surface area contributed by atoms with Crippen molar-refractivity contribution in [1.29, 1.82) is 0 Å². The molecular weight excluding hydrogens is 188 g/mol.